The number of allylic oxidation sites excluding steroid dienone is 1. The number of para-hydroxylation sites is 1. The smallest absolute Gasteiger partial charge is 0.336 e. The van der Waals surface area contributed by atoms with Crippen LogP contribution < -0.4 is 5.32 Å². The van der Waals surface area contributed by atoms with Gasteiger partial charge in [0.05, 0.1) is 24.6 Å². The molecule has 2 saturated heterocycles. The van der Waals surface area contributed by atoms with Gasteiger partial charge >= 0.3 is 5.97 Å². The zero-order valence-corrected chi connectivity index (χ0v) is 14.5. The molecule has 1 N–H and O–H groups in total. The second-order valence-electron chi connectivity index (χ2n) is 7.67. The van der Waals surface area contributed by atoms with Crippen LogP contribution in [-0.4, -0.2) is 36.9 Å². The second kappa shape index (κ2) is 4.74. The number of hydrogen-bond donors (Lipinski definition) is 1. The van der Waals surface area contributed by atoms with Crippen LogP contribution >= 0.6 is 0 Å². The van der Waals surface area contributed by atoms with E-state index in [-0.39, 0.29) is 28.0 Å². The van der Waals surface area contributed by atoms with Crippen molar-refractivity contribution in [3.05, 3.63) is 58.0 Å². The Bertz CT molecular complexity index is 858. The van der Waals surface area contributed by atoms with Crippen molar-refractivity contribution in [2.24, 2.45) is 5.92 Å². The van der Waals surface area contributed by atoms with E-state index in [9.17, 15) is 10.0 Å². The van der Waals surface area contributed by atoms with Crippen LogP contribution in [0.15, 0.2) is 47.2 Å². The quantitative estimate of drug-likeness (QED) is 0.370. The Morgan fingerprint density at radius 1 is 1.44 bits per heavy atom. The molecule has 4 atom stereocenters. The first-order valence-corrected chi connectivity index (χ1v) is 8.97. The molecule has 3 aliphatic heterocycles. The second-order valence-corrected chi connectivity index (χ2v) is 7.67. The minimum atomic E-state index is -0.363. The zero-order chi connectivity index (χ0) is 17.4. The number of piperidine rings is 1. The molecule has 1 aromatic rings. The molecule has 0 saturated carbocycles. The van der Waals surface area contributed by atoms with E-state index < -0.39 is 0 Å². The van der Waals surface area contributed by atoms with Crippen LogP contribution in [0.3, 0.4) is 0 Å². The Balaban J connectivity index is 1.84. The molecule has 1 spiro atoms. The largest absolute Gasteiger partial charge is 0.632 e. The lowest BCUT2D eigenvalue weighted by atomic mass is 9.61. The highest BCUT2D eigenvalue weighted by Gasteiger charge is 2.67. The number of hydrogen-bond acceptors (Lipinski definition) is 4. The van der Waals surface area contributed by atoms with Gasteiger partial charge in [0.25, 0.3) is 0 Å². The third kappa shape index (κ3) is 1.63. The number of nitrogens with zero attached hydrogens (tertiary/aromatic N) is 1. The predicted molar refractivity (Wildman–Crippen MR) is 94.4 cm³/mol. The Hall–Kier alpha value is -2.11. The lowest BCUT2D eigenvalue weighted by Gasteiger charge is -2.55. The van der Waals surface area contributed by atoms with Gasteiger partial charge in [-0.25, -0.2) is 4.79 Å². The lowest BCUT2D eigenvalue weighted by Crippen LogP contribution is -2.60. The molecule has 5 heteroatoms. The summed E-state index contributed by atoms with van der Waals surface area (Å²) in [5.74, 6) is -0.277. The fourth-order valence-electron chi connectivity index (χ4n) is 5.87. The first-order chi connectivity index (χ1) is 12.0. The van der Waals surface area contributed by atoms with Gasteiger partial charge in [-0.2, -0.15) is 0 Å². The van der Waals surface area contributed by atoms with Crippen LogP contribution in [0.4, 0.5) is 5.69 Å². The molecule has 130 valence electrons. The van der Waals surface area contributed by atoms with E-state index in [1.807, 2.05) is 31.2 Å². The monoisotopic (exact) mass is 338 g/mol. The number of benzene rings is 1. The summed E-state index contributed by atoms with van der Waals surface area (Å²) in [5.41, 5.74) is 4.58. The molecule has 3 heterocycles. The summed E-state index contributed by atoms with van der Waals surface area (Å²) >= 11 is 0. The van der Waals surface area contributed by atoms with Crippen molar-refractivity contribution in [2.75, 3.05) is 25.5 Å². The number of rotatable bonds is 1. The van der Waals surface area contributed by atoms with Gasteiger partial charge in [0, 0.05) is 30.1 Å². The lowest BCUT2D eigenvalue weighted by molar-refractivity contribution is -0.895. The molecule has 0 amide bonds. The SMILES string of the molecule is CC=C1C[N+]2([O-])CCC34C(=C(C(=O)OC)C1CC32)Nc1ccccc14. The number of carbonyl (C=O) groups excluding carboxylic acids is 1. The summed E-state index contributed by atoms with van der Waals surface area (Å²) in [7, 11) is 1.44. The highest BCUT2D eigenvalue weighted by atomic mass is 16.6. The fraction of sp³-hybridized carbons (Fsp3) is 0.450. The molecule has 0 aromatic heterocycles. The van der Waals surface area contributed by atoms with E-state index in [0.29, 0.717) is 13.1 Å². The number of methoxy groups -OCH3 is 1. The van der Waals surface area contributed by atoms with E-state index >= 15 is 0 Å². The van der Waals surface area contributed by atoms with Gasteiger partial charge in [-0.05, 0) is 24.1 Å². The molecule has 4 aliphatic rings. The van der Waals surface area contributed by atoms with Crippen LogP contribution in [0, 0.1) is 11.1 Å². The van der Waals surface area contributed by atoms with Crippen molar-refractivity contribution in [3.8, 4) is 0 Å². The molecule has 1 aliphatic carbocycles. The Kier molecular flexibility index (Phi) is 2.88. The number of anilines is 1. The summed E-state index contributed by atoms with van der Waals surface area (Å²) in [6.45, 7) is 3.06. The zero-order valence-electron chi connectivity index (χ0n) is 14.5. The van der Waals surface area contributed by atoms with Gasteiger partial charge in [-0.3, -0.25) is 0 Å². The van der Waals surface area contributed by atoms with Gasteiger partial charge in [0.15, 0.2) is 0 Å². The van der Waals surface area contributed by atoms with Crippen molar-refractivity contribution in [1.29, 1.82) is 0 Å². The van der Waals surface area contributed by atoms with Crippen molar-refractivity contribution in [1.82, 2.24) is 0 Å². The number of esters is 1. The van der Waals surface area contributed by atoms with Crippen LogP contribution in [0.2, 0.25) is 0 Å². The first kappa shape index (κ1) is 15.2. The third-order valence-corrected chi connectivity index (χ3v) is 6.89. The molecule has 2 fully saturated rings. The van der Waals surface area contributed by atoms with Gasteiger partial charge in [0.2, 0.25) is 0 Å². The summed E-state index contributed by atoms with van der Waals surface area (Å²) in [5, 5.41) is 17.2. The fourth-order valence-corrected chi connectivity index (χ4v) is 5.87. The van der Waals surface area contributed by atoms with Crippen molar-refractivity contribution < 1.29 is 14.2 Å². The van der Waals surface area contributed by atoms with E-state index in [1.165, 1.54) is 12.7 Å². The molecular formula is C20H22N2O3. The van der Waals surface area contributed by atoms with E-state index in [0.717, 1.165) is 35.4 Å². The molecule has 1 aromatic carbocycles. The molecule has 2 bridgehead atoms. The van der Waals surface area contributed by atoms with Gasteiger partial charge in [-0.15, -0.1) is 0 Å². The van der Waals surface area contributed by atoms with Crippen molar-refractivity contribution in [2.45, 2.75) is 31.2 Å². The molecule has 0 radical (unpaired) electrons. The molecule has 4 unspecified atom stereocenters. The highest BCUT2D eigenvalue weighted by Crippen LogP contribution is 2.63. The third-order valence-electron chi connectivity index (χ3n) is 6.89. The molecule has 5 nitrogen and oxygen atoms in total. The maximum atomic E-state index is 13.7. The van der Waals surface area contributed by atoms with Crippen LogP contribution in [0.1, 0.15) is 25.3 Å². The van der Waals surface area contributed by atoms with Crippen molar-refractivity contribution in [3.63, 3.8) is 0 Å². The van der Waals surface area contributed by atoms with Crippen LogP contribution in [-0.2, 0) is 14.9 Å². The number of carbonyl (C=O) groups is 1. The predicted octanol–water partition coefficient (Wildman–Crippen LogP) is 2.84. The maximum absolute atomic E-state index is 13.7. The summed E-state index contributed by atoms with van der Waals surface area (Å²) in [6.07, 6.45) is 3.54. The number of quaternary nitrogens is 1. The van der Waals surface area contributed by atoms with Crippen LogP contribution in [0.5, 0.6) is 0 Å². The Labute approximate surface area is 147 Å². The molecule has 5 rings (SSSR count). The average molecular weight is 338 g/mol. The van der Waals surface area contributed by atoms with Gasteiger partial charge in [0.1, 0.15) is 12.6 Å². The minimum Gasteiger partial charge on any atom is -0.632 e. The minimum absolute atomic E-state index is 0.00862. The van der Waals surface area contributed by atoms with E-state index in [1.54, 1.807) is 0 Å². The Morgan fingerprint density at radius 2 is 2.24 bits per heavy atom. The number of hydroxylamine groups is 3. The van der Waals surface area contributed by atoms with E-state index in [4.69, 9.17) is 4.74 Å². The summed E-state index contributed by atoms with van der Waals surface area (Å²) in [6, 6.07) is 8.16. The van der Waals surface area contributed by atoms with E-state index in [2.05, 4.69) is 11.4 Å². The Morgan fingerprint density at radius 3 is 3.00 bits per heavy atom. The average Bonchev–Trinajstić information content (AvgIpc) is 3.14. The number of ether oxygens (including phenoxy) is 1. The summed E-state index contributed by atoms with van der Waals surface area (Å²) in [4.78, 5) is 12.7. The first-order valence-electron chi connectivity index (χ1n) is 8.97. The van der Waals surface area contributed by atoms with Gasteiger partial charge < -0.3 is 19.9 Å². The maximum Gasteiger partial charge on any atom is 0.336 e. The van der Waals surface area contributed by atoms with Crippen LogP contribution in [0.25, 0.3) is 0 Å². The number of nitrogens with one attached hydrogen (secondary N) is 1. The highest BCUT2D eigenvalue weighted by molar-refractivity contribution is 5.94. The normalized spacial score (nSPS) is 39.1. The van der Waals surface area contributed by atoms with Gasteiger partial charge in [-0.1, -0.05) is 24.3 Å². The standard InChI is InChI=1S/C20H22N2O3/c1-3-12-11-22(24)9-8-20-14-6-4-5-7-15(14)21-18(20)17(19(23)25-2)13(12)10-16(20)22/h3-7,13,16,21H,8-11H2,1-2H3. The molecular weight excluding hydrogens is 316 g/mol. The summed E-state index contributed by atoms with van der Waals surface area (Å²) < 4.78 is 5.00. The van der Waals surface area contributed by atoms with Crippen molar-refractivity contribution >= 4 is 11.7 Å². The topological polar surface area (TPSA) is 61.4 Å². The molecule has 25 heavy (non-hydrogen) atoms. The number of fused-ring (bicyclic) bond motifs is 2.